The number of rotatable bonds is 1. The third-order valence-corrected chi connectivity index (χ3v) is 5.51. The number of hydrogen-bond donors (Lipinski definition) is 1. The molecular formula is C20H21FN2O. The molecule has 0 amide bonds. The largest absolute Gasteiger partial charge is 0.294 e. The maximum Gasteiger partial charge on any atom is 0.160 e. The minimum Gasteiger partial charge on any atom is -0.294 e. The zero-order chi connectivity index (χ0) is 17.1. The van der Waals surface area contributed by atoms with E-state index in [0.29, 0.717) is 6.42 Å². The fraction of sp³-hybridized carbons (Fsp3) is 0.400. The van der Waals surface area contributed by atoms with E-state index in [4.69, 9.17) is 0 Å². The second-order valence-electron chi connectivity index (χ2n) is 7.99. The Morgan fingerprint density at radius 1 is 1.21 bits per heavy atom. The summed E-state index contributed by atoms with van der Waals surface area (Å²) >= 11 is 0. The van der Waals surface area contributed by atoms with Crippen LogP contribution in [-0.4, -0.2) is 16.0 Å². The van der Waals surface area contributed by atoms with Crippen LogP contribution in [0.15, 0.2) is 41.6 Å². The number of carbonyl (C=O) groups is 1. The second kappa shape index (κ2) is 4.88. The molecule has 1 aromatic heterocycles. The quantitative estimate of drug-likeness (QED) is 0.858. The summed E-state index contributed by atoms with van der Waals surface area (Å²) in [6.07, 6.45) is 3.93. The normalized spacial score (nSPS) is 25.4. The topological polar surface area (TPSA) is 45.8 Å². The van der Waals surface area contributed by atoms with E-state index in [1.807, 2.05) is 13.0 Å². The first-order valence-corrected chi connectivity index (χ1v) is 8.36. The van der Waals surface area contributed by atoms with Gasteiger partial charge >= 0.3 is 0 Å². The van der Waals surface area contributed by atoms with Crippen LogP contribution >= 0.6 is 0 Å². The first kappa shape index (κ1) is 15.3. The predicted octanol–water partition coefficient (Wildman–Crippen LogP) is 4.10. The molecule has 0 aliphatic heterocycles. The molecule has 3 nitrogen and oxygen atoms in total. The Labute approximate surface area is 141 Å². The van der Waals surface area contributed by atoms with E-state index in [0.717, 1.165) is 35.2 Å². The van der Waals surface area contributed by atoms with Gasteiger partial charge in [-0.05, 0) is 36.5 Å². The van der Waals surface area contributed by atoms with Crippen molar-refractivity contribution in [2.75, 3.05) is 0 Å². The van der Waals surface area contributed by atoms with Gasteiger partial charge in [0.1, 0.15) is 5.82 Å². The van der Waals surface area contributed by atoms with Crippen LogP contribution in [0.4, 0.5) is 4.39 Å². The Morgan fingerprint density at radius 3 is 2.75 bits per heavy atom. The number of fused-ring (bicyclic) bond motifs is 1. The summed E-state index contributed by atoms with van der Waals surface area (Å²) in [6.45, 7) is 6.30. The number of benzene rings is 1. The number of aromatic nitrogens is 2. The molecule has 0 spiro atoms. The monoisotopic (exact) mass is 324 g/mol. The van der Waals surface area contributed by atoms with Crippen LogP contribution in [0.2, 0.25) is 0 Å². The number of nitrogens with zero attached hydrogens (tertiary/aromatic N) is 1. The molecule has 4 heteroatoms. The van der Waals surface area contributed by atoms with Crippen molar-refractivity contribution in [2.45, 2.75) is 45.4 Å². The molecular weight excluding hydrogens is 303 g/mol. The first-order chi connectivity index (χ1) is 11.3. The van der Waals surface area contributed by atoms with Crippen LogP contribution in [0.3, 0.4) is 0 Å². The molecule has 24 heavy (non-hydrogen) atoms. The van der Waals surface area contributed by atoms with Gasteiger partial charge in [-0.3, -0.25) is 9.89 Å². The van der Waals surface area contributed by atoms with Crippen LogP contribution in [0.25, 0.3) is 0 Å². The van der Waals surface area contributed by atoms with Gasteiger partial charge in [-0.2, -0.15) is 5.10 Å². The van der Waals surface area contributed by atoms with Gasteiger partial charge in [0.05, 0.1) is 6.20 Å². The highest BCUT2D eigenvalue weighted by molar-refractivity contribution is 6.01. The molecule has 0 radical (unpaired) electrons. The van der Waals surface area contributed by atoms with Crippen LogP contribution in [-0.2, 0) is 16.6 Å². The molecule has 1 heterocycles. The van der Waals surface area contributed by atoms with Crippen molar-refractivity contribution in [3.05, 3.63) is 64.2 Å². The molecule has 2 aliphatic carbocycles. The average molecular weight is 324 g/mol. The lowest BCUT2D eigenvalue weighted by Crippen LogP contribution is -2.40. The number of carbonyl (C=O) groups excluding carboxylic acids is 1. The molecule has 124 valence electrons. The molecule has 2 aliphatic rings. The number of halogens is 1. The molecule has 0 saturated heterocycles. The van der Waals surface area contributed by atoms with Gasteiger partial charge in [-0.15, -0.1) is 0 Å². The van der Waals surface area contributed by atoms with E-state index in [1.54, 1.807) is 18.3 Å². The van der Waals surface area contributed by atoms with E-state index < -0.39 is 5.41 Å². The number of H-pyrrole nitrogens is 1. The van der Waals surface area contributed by atoms with Crippen molar-refractivity contribution >= 4 is 5.78 Å². The maximum atomic E-state index is 13.9. The first-order valence-electron chi connectivity index (χ1n) is 8.36. The molecule has 0 fully saturated rings. The van der Waals surface area contributed by atoms with Crippen molar-refractivity contribution in [3.63, 3.8) is 0 Å². The summed E-state index contributed by atoms with van der Waals surface area (Å²) < 4.78 is 13.9. The average Bonchev–Trinajstić information content (AvgIpc) is 2.94. The van der Waals surface area contributed by atoms with Crippen LogP contribution < -0.4 is 0 Å². The van der Waals surface area contributed by atoms with Crippen molar-refractivity contribution in [2.24, 2.45) is 5.41 Å². The summed E-state index contributed by atoms with van der Waals surface area (Å²) in [5, 5.41) is 7.29. The number of hydrogen-bond acceptors (Lipinski definition) is 2. The lowest BCUT2D eigenvalue weighted by Gasteiger charge is -2.43. The SMILES string of the molecule is CC1(C)CC(=O)C2=C(Cc3[nH]ncc3C2(C)c2cccc(F)c2)C1. The fourth-order valence-electron chi connectivity index (χ4n) is 4.56. The van der Waals surface area contributed by atoms with Gasteiger partial charge in [0.15, 0.2) is 5.78 Å². The molecule has 1 unspecified atom stereocenters. The Balaban J connectivity index is 2.00. The van der Waals surface area contributed by atoms with Gasteiger partial charge in [0.2, 0.25) is 0 Å². The van der Waals surface area contributed by atoms with Crippen LogP contribution in [0.1, 0.15) is 50.4 Å². The second-order valence-corrected chi connectivity index (χ2v) is 7.99. The van der Waals surface area contributed by atoms with Crippen molar-refractivity contribution < 1.29 is 9.18 Å². The van der Waals surface area contributed by atoms with E-state index in [9.17, 15) is 9.18 Å². The summed E-state index contributed by atoms with van der Waals surface area (Å²) in [5.41, 5.74) is 4.17. The Hall–Kier alpha value is -2.23. The van der Waals surface area contributed by atoms with Crippen molar-refractivity contribution in [1.82, 2.24) is 10.2 Å². The van der Waals surface area contributed by atoms with E-state index in [2.05, 4.69) is 24.0 Å². The standard InChI is InChI=1S/C20H21FN2O/c1-19(2)9-12-7-16-15(11-22-23-16)20(3,18(12)17(24)10-19)13-5-4-6-14(21)8-13/h4-6,8,11H,7,9-10H2,1-3H3,(H,22,23). The smallest absolute Gasteiger partial charge is 0.160 e. The summed E-state index contributed by atoms with van der Waals surface area (Å²) in [6, 6.07) is 6.59. The lowest BCUT2D eigenvalue weighted by atomic mass is 9.59. The third kappa shape index (κ3) is 2.09. The number of Topliss-reactive ketones (excluding diaryl/α,β-unsaturated/α-hetero) is 1. The molecule has 0 bridgehead atoms. The minimum absolute atomic E-state index is 0.0315. The maximum absolute atomic E-state index is 13.9. The molecule has 4 rings (SSSR count). The third-order valence-electron chi connectivity index (χ3n) is 5.51. The predicted molar refractivity (Wildman–Crippen MR) is 90.2 cm³/mol. The lowest BCUT2D eigenvalue weighted by molar-refractivity contribution is -0.118. The Kier molecular flexibility index (Phi) is 3.11. The van der Waals surface area contributed by atoms with Crippen molar-refractivity contribution in [3.8, 4) is 0 Å². The van der Waals surface area contributed by atoms with Gasteiger partial charge in [-0.1, -0.05) is 31.6 Å². The Morgan fingerprint density at radius 2 is 2.00 bits per heavy atom. The summed E-state index contributed by atoms with van der Waals surface area (Å²) in [5.74, 6) is -0.102. The minimum atomic E-state index is -0.647. The molecule has 1 N–H and O–H groups in total. The van der Waals surface area contributed by atoms with Crippen molar-refractivity contribution in [1.29, 1.82) is 0 Å². The number of allylic oxidation sites excluding steroid dienone is 2. The van der Waals surface area contributed by atoms with Gasteiger partial charge in [-0.25, -0.2) is 4.39 Å². The molecule has 1 atom stereocenters. The number of ketones is 1. The highest BCUT2D eigenvalue weighted by Crippen LogP contribution is 2.51. The molecule has 0 saturated carbocycles. The van der Waals surface area contributed by atoms with E-state index in [-0.39, 0.29) is 17.0 Å². The molecule has 1 aromatic carbocycles. The fourth-order valence-corrected chi connectivity index (χ4v) is 4.56. The zero-order valence-electron chi connectivity index (χ0n) is 14.2. The van der Waals surface area contributed by atoms with Crippen LogP contribution in [0, 0.1) is 11.2 Å². The highest BCUT2D eigenvalue weighted by Gasteiger charge is 2.47. The van der Waals surface area contributed by atoms with E-state index >= 15 is 0 Å². The van der Waals surface area contributed by atoms with Gasteiger partial charge in [0, 0.05) is 35.1 Å². The number of aromatic amines is 1. The van der Waals surface area contributed by atoms with Crippen LogP contribution in [0.5, 0.6) is 0 Å². The summed E-state index contributed by atoms with van der Waals surface area (Å²) in [4.78, 5) is 13.1. The Bertz CT molecular complexity index is 877. The van der Waals surface area contributed by atoms with E-state index in [1.165, 1.54) is 11.6 Å². The van der Waals surface area contributed by atoms with Gasteiger partial charge < -0.3 is 0 Å². The summed E-state index contributed by atoms with van der Waals surface area (Å²) in [7, 11) is 0. The highest BCUT2D eigenvalue weighted by atomic mass is 19.1. The molecule has 2 aromatic rings. The zero-order valence-corrected chi connectivity index (χ0v) is 14.2. The number of nitrogens with one attached hydrogen (secondary N) is 1. The van der Waals surface area contributed by atoms with Gasteiger partial charge in [0.25, 0.3) is 0 Å².